The summed E-state index contributed by atoms with van der Waals surface area (Å²) in [6.07, 6.45) is 1.74. The monoisotopic (exact) mass is 489 g/mol. The van der Waals surface area contributed by atoms with Crippen LogP contribution in [0.4, 0.5) is 0 Å². The van der Waals surface area contributed by atoms with Crippen LogP contribution in [0.1, 0.15) is 12.0 Å². The number of para-hydroxylation sites is 1. The van der Waals surface area contributed by atoms with E-state index < -0.39 is 0 Å². The van der Waals surface area contributed by atoms with E-state index in [9.17, 15) is 9.90 Å². The molecular weight excluding hydrogens is 462 g/mol. The van der Waals surface area contributed by atoms with Crippen molar-refractivity contribution < 1.29 is 14.6 Å². The van der Waals surface area contributed by atoms with Gasteiger partial charge in [-0.15, -0.1) is 0 Å². The lowest BCUT2D eigenvalue weighted by Crippen LogP contribution is -2.19. The Hall–Kier alpha value is -4.84. The van der Waals surface area contributed by atoms with Gasteiger partial charge in [-0.2, -0.15) is 5.10 Å². The Morgan fingerprint density at radius 3 is 2.30 bits per heavy atom. The molecule has 5 aromatic rings. The number of ether oxygens (including phenoxy) is 1. The summed E-state index contributed by atoms with van der Waals surface area (Å²) in [6.45, 7) is 0.488. The van der Waals surface area contributed by atoms with Crippen LogP contribution in [0, 0.1) is 0 Å². The van der Waals surface area contributed by atoms with Crippen molar-refractivity contribution in [3.05, 3.63) is 109 Å². The van der Waals surface area contributed by atoms with Crippen molar-refractivity contribution >= 4 is 23.0 Å². The topological polar surface area (TPSA) is 75.8 Å². The minimum Gasteiger partial charge on any atom is -0.504 e. The Morgan fingerprint density at radius 1 is 0.919 bits per heavy atom. The number of nitrogens with zero attached hydrogens (tertiary/aromatic N) is 2. The fourth-order valence-electron chi connectivity index (χ4n) is 4.56. The van der Waals surface area contributed by atoms with E-state index in [4.69, 9.17) is 4.74 Å². The van der Waals surface area contributed by atoms with Crippen molar-refractivity contribution in [2.75, 3.05) is 7.11 Å². The van der Waals surface area contributed by atoms with Crippen LogP contribution >= 0.6 is 0 Å². The van der Waals surface area contributed by atoms with Crippen molar-refractivity contribution in [3.8, 4) is 33.9 Å². The molecule has 0 aliphatic heterocycles. The first-order valence-corrected chi connectivity index (χ1v) is 12.1. The van der Waals surface area contributed by atoms with E-state index in [0.29, 0.717) is 17.9 Å². The number of amides is 1. The van der Waals surface area contributed by atoms with Gasteiger partial charge in [0.1, 0.15) is 0 Å². The van der Waals surface area contributed by atoms with Gasteiger partial charge in [-0.05, 0) is 41.0 Å². The van der Waals surface area contributed by atoms with E-state index in [1.807, 2.05) is 48.5 Å². The molecule has 0 atom stereocenters. The third kappa shape index (κ3) is 5.09. The predicted octanol–water partition coefficient (Wildman–Crippen LogP) is 6.23. The molecule has 0 saturated carbocycles. The van der Waals surface area contributed by atoms with Gasteiger partial charge in [0, 0.05) is 29.4 Å². The van der Waals surface area contributed by atoms with Gasteiger partial charge in [0.05, 0.1) is 19.0 Å². The first kappa shape index (κ1) is 23.9. The number of aromatic nitrogens is 1. The summed E-state index contributed by atoms with van der Waals surface area (Å²) in [5, 5.41) is 15.1. The number of aromatic hydroxyl groups is 1. The minimum atomic E-state index is -0.202. The van der Waals surface area contributed by atoms with E-state index in [0.717, 1.165) is 33.3 Å². The summed E-state index contributed by atoms with van der Waals surface area (Å²) < 4.78 is 7.27. The number of fused-ring (bicyclic) bond motifs is 1. The molecule has 1 heterocycles. The lowest BCUT2D eigenvalue weighted by atomic mass is 9.98. The molecule has 6 nitrogen and oxygen atoms in total. The maximum absolute atomic E-state index is 12.7. The molecule has 6 heteroatoms. The van der Waals surface area contributed by atoms with E-state index >= 15 is 0 Å². The largest absolute Gasteiger partial charge is 0.504 e. The number of benzene rings is 4. The molecule has 0 spiro atoms. The average molecular weight is 490 g/mol. The molecule has 0 saturated heterocycles. The highest BCUT2D eigenvalue weighted by Crippen LogP contribution is 2.41. The second-order valence-corrected chi connectivity index (χ2v) is 8.60. The normalized spacial score (nSPS) is 11.2. The lowest BCUT2D eigenvalue weighted by Gasteiger charge is -2.13. The first-order valence-electron chi connectivity index (χ1n) is 12.1. The van der Waals surface area contributed by atoms with Crippen molar-refractivity contribution in [3.63, 3.8) is 0 Å². The number of hydrazone groups is 1. The fraction of sp³-hybridized carbons (Fsp3) is 0.0968. The number of nitrogens with one attached hydrogen (secondary N) is 1. The Bertz CT molecular complexity index is 1560. The van der Waals surface area contributed by atoms with E-state index in [2.05, 4.69) is 51.5 Å². The summed E-state index contributed by atoms with van der Waals surface area (Å²) in [4.78, 5) is 12.7. The van der Waals surface area contributed by atoms with E-state index in [-0.39, 0.29) is 18.1 Å². The van der Waals surface area contributed by atoms with Gasteiger partial charge in [-0.3, -0.25) is 4.79 Å². The standard InChI is InChI=1S/C31H27N3O3/c1-37-28-17-16-22(20-27(28)35)21-32-33-29(36)18-19-34-26-15-9-8-14-25(26)30(23-10-4-2-5-11-23)31(34)24-12-6-3-7-13-24/h2-17,20-21,35H,18-19H2,1H3,(H,33,36). The van der Waals surface area contributed by atoms with Crippen LogP contribution in [0.15, 0.2) is 108 Å². The SMILES string of the molecule is COc1ccc(C=NNC(=O)CCn2c(-c3ccccc3)c(-c3ccccc3)c3ccccc32)cc1O. The summed E-state index contributed by atoms with van der Waals surface area (Å²) >= 11 is 0. The zero-order valence-electron chi connectivity index (χ0n) is 20.5. The number of carbonyl (C=O) groups is 1. The van der Waals surface area contributed by atoms with Gasteiger partial charge >= 0.3 is 0 Å². The zero-order chi connectivity index (χ0) is 25.6. The van der Waals surface area contributed by atoms with Gasteiger partial charge < -0.3 is 14.4 Å². The molecule has 184 valence electrons. The molecule has 37 heavy (non-hydrogen) atoms. The number of rotatable bonds is 8. The zero-order valence-corrected chi connectivity index (χ0v) is 20.5. The summed E-state index contributed by atoms with van der Waals surface area (Å²) in [5.74, 6) is 0.191. The molecule has 0 radical (unpaired) electrons. The molecular formula is C31H27N3O3. The fourth-order valence-corrected chi connectivity index (χ4v) is 4.56. The predicted molar refractivity (Wildman–Crippen MR) is 148 cm³/mol. The highest BCUT2D eigenvalue weighted by molar-refractivity contribution is 6.04. The second kappa shape index (κ2) is 10.8. The van der Waals surface area contributed by atoms with Crippen molar-refractivity contribution in [1.29, 1.82) is 0 Å². The van der Waals surface area contributed by atoms with Crippen molar-refractivity contribution in [1.82, 2.24) is 9.99 Å². The Balaban J connectivity index is 1.43. The number of phenols is 1. The van der Waals surface area contributed by atoms with Gasteiger partial charge in [-0.1, -0.05) is 78.9 Å². The van der Waals surface area contributed by atoms with Crippen molar-refractivity contribution in [2.24, 2.45) is 5.10 Å². The molecule has 0 aliphatic carbocycles. The first-order chi connectivity index (χ1) is 18.2. The maximum Gasteiger partial charge on any atom is 0.241 e. The third-order valence-electron chi connectivity index (χ3n) is 6.25. The smallest absolute Gasteiger partial charge is 0.241 e. The summed E-state index contributed by atoms with van der Waals surface area (Å²) in [7, 11) is 1.49. The van der Waals surface area contributed by atoms with E-state index in [1.54, 1.807) is 12.1 Å². The van der Waals surface area contributed by atoms with Crippen LogP contribution in [0.5, 0.6) is 11.5 Å². The van der Waals surface area contributed by atoms with Crippen LogP contribution in [-0.2, 0) is 11.3 Å². The lowest BCUT2D eigenvalue weighted by molar-refractivity contribution is -0.121. The van der Waals surface area contributed by atoms with Gasteiger partial charge in [0.2, 0.25) is 5.91 Å². The number of aryl methyl sites for hydroxylation is 1. The second-order valence-electron chi connectivity index (χ2n) is 8.60. The van der Waals surface area contributed by atoms with Gasteiger partial charge in [-0.25, -0.2) is 5.43 Å². The Morgan fingerprint density at radius 2 is 1.59 bits per heavy atom. The van der Waals surface area contributed by atoms with E-state index in [1.165, 1.54) is 19.4 Å². The van der Waals surface area contributed by atoms with Crippen LogP contribution in [-0.4, -0.2) is 28.9 Å². The number of hydrogen-bond donors (Lipinski definition) is 2. The van der Waals surface area contributed by atoms with Gasteiger partial charge in [0.15, 0.2) is 11.5 Å². The molecule has 1 amide bonds. The number of methoxy groups -OCH3 is 1. The maximum atomic E-state index is 12.7. The molecule has 0 fully saturated rings. The quantitative estimate of drug-likeness (QED) is 0.200. The van der Waals surface area contributed by atoms with Crippen molar-refractivity contribution in [2.45, 2.75) is 13.0 Å². The van der Waals surface area contributed by atoms with Crippen LogP contribution in [0.25, 0.3) is 33.3 Å². The molecule has 4 aromatic carbocycles. The van der Waals surface area contributed by atoms with Crippen LogP contribution in [0.3, 0.4) is 0 Å². The summed E-state index contributed by atoms with van der Waals surface area (Å²) in [6, 6.07) is 33.9. The molecule has 1 aromatic heterocycles. The Labute approximate surface area is 215 Å². The molecule has 2 N–H and O–H groups in total. The molecule has 0 bridgehead atoms. The molecule has 0 aliphatic rings. The molecule has 5 rings (SSSR count). The summed E-state index contributed by atoms with van der Waals surface area (Å²) in [5.41, 5.74) is 8.78. The highest BCUT2D eigenvalue weighted by Gasteiger charge is 2.20. The third-order valence-corrected chi connectivity index (χ3v) is 6.25. The number of carbonyl (C=O) groups excluding carboxylic acids is 1. The highest BCUT2D eigenvalue weighted by atomic mass is 16.5. The van der Waals surface area contributed by atoms with Crippen LogP contribution < -0.4 is 10.2 Å². The van der Waals surface area contributed by atoms with Crippen LogP contribution in [0.2, 0.25) is 0 Å². The molecule has 0 unspecified atom stereocenters. The average Bonchev–Trinajstić information content (AvgIpc) is 3.27. The number of hydrogen-bond acceptors (Lipinski definition) is 4. The van der Waals surface area contributed by atoms with Gasteiger partial charge in [0.25, 0.3) is 0 Å². The minimum absolute atomic E-state index is 0.0138. The number of phenolic OH excluding ortho intramolecular Hbond substituents is 1. The Kier molecular flexibility index (Phi) is 6.99.